The third-order valence-corrected chi connectivity index (χ3v) is 6.15. The van der Waals surface area contributed by atoms with E-state index in [1.165, 1.54) is 16.2 Å². The van der Waals surface area contributed by atoms with Gasteiger partial charge in [-0.25, -0.2) is 0 Å². The normalized spacial score (nSPS) is 23.5. The molecular formula is C17H21ClN2O3S. The molecule has 3 rings (SSSR count). The van der Waals surface area contributed by atoms with E-state index in [-0.39, 0.29) is 36.1 Å². The first-order valence-electron chi connectivity index (χ1n) is 8.38. The van der Waals surface area contributed by atoms with Crippen LogP contribution in [0.2, 0.25) is 4.34 Å². The first-order valence-corrected chi connectivity index (χ1v) is 9.58. The van der Waals surface area contributed by atoms with Gasteiger partial charge in [0.2, 0.25) is 17.7 Å². The number of likely N-dealkylation sites (N-methyl/N-ethyl adjacent to an activating group) is 1. The van der Waals surface area contributed by atoms with Crippen molar-refractivity contribution in [1.82, 2.24) is 9.80 Å². The van der Waals surface area contributed by atoms with Gasteiger partial charge in [0.1, 0.15) is 6.54 Å². The molecule has 130 valence electrons. The van der Waals surface area contributed by atoms with Crippen molar-refractivity contribution in [3.8, 4) is 0 Å². The lowest BCUT2D eigenvalue weighted by Gasteiger charge is -2.23. The molecule has 1 saturated carbocycles. The number of rotatable bonds is 5. The van der Waals surface area contributed by atoms with Crippen LogP contribution in [-0.4, -0.2) is 40.6 Å². The maximum absolute atomic E-state index is 12.6. The molecule has 1 aliphatic heterocycles. The number of imide groups is 1. The SMILES string of the molecule is CCN(Cc1ccc(Cl)s1)C(=O)CN1C(=O)C2CCCCC2C1=O. The van der Waals surface area contributed by atoms with Crippen molar-refractivity contribution >= 4 is 40.7 Å². The van der Waals surface area contributed by atoms with Crippen LogP contribution >= 0.6 is 22.9 Å². The fourth-order valence-corrected chi connectivity index (χ4v) is 4.73. The van der Waals surface area contributed by atoms with Crippen LogP contribution < -0.4 is 0 Å². The van der Waals surface area contributed by atoms with Gasteiger partial charge < -0.3 is 4.90 Å². The fourth-order valence-electron chi connectivity index (χ4n) is 3.62. The third-order valence-electron chi connectivity index (χ3n) is 4.94. The Balaban J connectivity index is 1.66. The second-order valence-corrected chi connectivity index (χ2v) is 8.17. The van der Waals surface area contributed by atoms with E-state index in [2.05, 4.69) is 0 Å². The van der Waals surface area contributed by atoms with Crippen molar-refractivity contribution in [3.63, 3.8) is 0 Å². The highest BCUT2D eigenvalue weighted by atomic mass is 35.5. The summed E-state index contributed by atoms with van der Waals surface area (Å²) in [6.07, 6.45) is 3.51. The molecule has 1 aliphatic carbocycles. The molecule has 2 fully saturated rings. The van der Waals surface area contributed by atoms with Crippen LogP contribution in [0.4, 0.5) is 0 Å². The Morgan fingerprint density at radius 2 is 1.88 bits per heavy atom. The van der Waals surface area contributed by atoms with Gasteiger partial charge in [-0.3, -0.25) is 19.3 Å². The Morgan fingerprint density at radius 3 is 2.38 bits per heavy atom. The number of halogens is 1. The first-order chi connectivity index (χ1) is 11.5. The average molecular weight is 369 g/mol. The number of likely N-dealkylation sites (tertiary alicyclic amines) is 1. The quantitative estimate of drug-likeness (QED) is 0.751. The molecule has 1 saturated heterocycles. The van der Waals surface area contributed by atoms with Crippen molar-refractivity contribution in [2.24, 2.45) is 11.8 Å². The molecule has 2 unspecified atom stereocenters. The molecule has 0 radical (unpaired) electrons. The van der Waals surface area contributed by atoms with E-state index in [4.69, 9.17) is 11.6 Å². The second kappa shape index (κ2) is 7.23. The van der Waals surface area contributed by atoms with Gasteiger partial charge in [-0.1, -0.05) is 24.4 Å². The van der Waals surface area contributed by atoms with Crippen LogP contribution in [0.5, 0.6) is 0 Å². The summed E-state index contributed by atoms with van der Waals surface area (Å²) in [4.78, 5) is 41.4. The summed E-state index contributed by atoms with van der Waals surface area (Å²) < 4.78 is 0.683. The predicted molar refractivity (Wildman–Crippen MR) is 92.6 cm³/mol. The van der Waals surface area contributed by atoms with Crippen molar-refractivity contribution in [3.05, 3.63) is 21.3 Å². The Hall–Kier alpha value is -1.40. The minimum Gasteiger partial charge on any atom is -0.336 e. The molecule has 0 bridgehead atoms. The lowest BCUT2D eigenvalue weighted by atomic mass is 9.81. The van der Waals surface area contributed by atoms with Crippen molar-refractivity contribution in [1.29, 1.82) is 0 Å². The van der Waals surface area contributed by atoms with Crippen LogP contribution in [0.1, 0.15) is 37.5 Å². The summed E-state index contributed by atoms with van der Waals surface area (Å²) in [7, 11) is 0. The number of hydrogen-bond acceptors (Lipinski definition) is 4. The molecule has 7 heteroatoms. The standard InChI is InChI=1S/C17H21ClN2O3S/c1-2-19(9-11-7-8-14(18)24-11)15(21)10-20-16(22)12-5-3-4-6-13(12)17(20)23/h7-8,12-13H,2-6,9-10H2,1H3. The van der Waals surface area contributed by atoms with Gasteiger partial charge in [-0.15, -0.1) is 11.3 Å². The molecule has 2 aliphatic rings. The topological polar surface area (TPSA) is 57.7 Å². The minimum absolute atomic E-state index is 0.141. The van der Waals surface area contributed by atoms with Gasteiger partial charge in [0.15, 0.2) is 0 Å². The van der Waals surface area contributed by atoms with E-state index in [0.717, 1.165) is 30.6 Å². The molecular weight excluding hydrogens is 348 g/mol. The summed E-state index contributed by atoms with van der Waals surface area (Å²) in [5.41, 5.74) is 0. The zero-order valence-electron chi connectivity index (χ0n) is 13.7. The van der Waals surface area contributed by atoms with E-state index in [9.17, 15) is 14.4 Å². The van der Waals surface area contributed by atoms with E-state index >= 15 is 0 Å². The van der Waals surface area contributed by atoms with E-state index in [1.54, 1.807) is 11.0 Å². The minimum atomic E-state index is -0.203. The smallest absolute Gasteiger partial charge is 0.243 e. The molecule has 0 spiro atoms. The van der Waals surface area contributed by atoms with Gasteiger partial charge >= 0.3 is 0 Å². The summed E-state index contributed by atoms with van der Waals surface area (Å²) in [6.45, 7) is 2.73. The third kappa shape index (κ3) is 3.35. The van der Waals surface area contributed by atoms with Gasteiger partial charge in [0.25, 0.3) is 0 Å². The first kappa shape index (κ1) is 17.4. The van der Waals surface area contributed by atoms with Crippen LogP contribution in [0.3, 0.4) is 0 Å². The maximum atomic E-state index is 12.6. The number of thiophene rings is 1. The number of carbonyl (C=O) groups excluding carboxylic acids is 3. The lowest BCUT2D eigenvalue weighted by Crippen LogP contribution is -2.42. The molecule has 2 atom stereocenters. The molecule has 5 nitrogen and oxygen atoms in total. The summed E-state index contributed by atoms with van der Waals surface area (Å²) in [6, 6.07) is 3.70. The van der Waals surface area contributed by atoms with Crippen molar-refractivity contribution in [2.45, 2.75) is 39.2 Å². The number of carbonyl (C=O) groups is 3. The summed E-state index contributed by atoms with van der Waals surface area (Å²) in [5.74, 6) is -0.917. The molecule has 2 heterocycles. The van der Waals surface area contributed by atoms with Crippen LogP contribution in [-0.2, 0) is 20.9 Å². The van der Waals surface area contributed by atoms with Crippen LogP contribution in [0, 0.1) is 11.8 Å². The Labute approximate surface area is 150 Å². The molecule has 3 amide bonds. The Kier molecular flexibility index (Phi) is 5.25. The molecule has 1 aromatic rings. The Bertz CT molecular complexity index is 636. The summed E-state index contributed by atoms with van der Waals surface area (Å²) >= 11 is 7.36. The highest BCUT2D eigenvalue weighted by Gasteiger charge is 2.48. The average Bonchev–Trinajstić information content (AvgIpc) is 3.10. The summed E-state index contributed by atoms with van der Waals surface area (Å²) in [5, 5.41) is 0. The Morgan fingerprint density at radius 1 is 1.25 bits per heavy atom. The van der Waals surface area contributed by atoms with E-state index < -0.39 is 0 Å². The lowest BCUT2D eigenvalue weighted by molar-refractivity contribution is -0.146. The number of nitrogens with zero attached hydrogens (tertiary/aromatic N) is 2. The van der Waals surface area contributed by atoms with Gasteiger partial charge in [0.05, 0.1) is 22.7 Å². The zero-order valence-corrected chi connectivity index (χ0v) is 15.2. The van der Waals surface area contributed by atoms with Crippen LogP contribution in [0.15, 0.2) is 12.1 Å². The van der Waals surface area contributed by atoms with Crippen LogP contribution in [0.25, 0.3) is 0 Å². The van der Waals surface area contributed by atoms with Crippen molar-refractivity contribution in [2.75, 3.05) is 13.1 Å². The van der Waals surface area contributed by atoms with Gasteiger partial charge in [-0.2, -0.15) is 0 Å². The molecule has 0 aromatic carbocycles. The van der Waals surface area contributed by atoms with Gasteiger partial charge in [-0.05, 0) is 31.9 Å². The van der Waals surface area contributed by atoms with Crippen molar-refractivity contribution < 1.29 is 14.4 Å². The number of fused-ring (bicyclic) bond motifs is 1. The number of hydrogen-bond donors (Lipinski definition) is 0. The van der Waals surface area contributed by atoms with Gasteiger partial charge in [0, 0.05) is 11.4 Å². The largest absolute Gasteiger partial charge is 0.336 e. The van der Waals surface area contributed by atoms with E-state index in [0.29, 0.717) is 17.4 Å². The monoisotopic (exact) mass is 368 g/mol. The zero-order chi connectivity index (χ0) is 17.3. The molecule has 0 N–H and O–H groups in total. The second-order valence-electron chi connectivity index (χ2n) is 6.37. The molecule has 1 aromatic heterocycles. The fraction of sp³-hybridized carbons (Fsp3) is 0.588. The highest BCUT2D eigenvalue weighted by molar-refractivity contribution is 7.16. The maximum Gasteiger partial charge on any atom is 0.243 e. The number of amides is 3. The predicted octanol–water partition coefficient (Wildman–Crippen LogP) is 2.93. The molecule has 24 heavy (non-hydrogen) atoms. The van der Waals surface area contributed by atoms with E-state index in [1.807, 2.05) is 13.0 Å². The highest BCUT2D eigenvalue weighted by Crippen LogP contribution is 2.37.